The first-order valence-corrected chi connectivity index (χ1v) is 8.60. The van der Waals surface area contributed by atoms with E-state index in [-0.39, 0.29) is 35.5 Å². The van der Waals surface area contributed by atoms with Gasteiger partial charge < -0.3 is 20.1 Å². The number of nitrogens with one attached hydrogen (secondary N) is 2. The highest BCUT2D eigenvalue weighted by Crippen LogP contribution is 2.20. The third kappa shape index (κ3) is 7.84. The van der Waals surface area contributed by atoms with Crippen LogP contribution in [0.2, 0.25) is 0 Å². The van der Waals surface area contributed by atoms with Gasteiger partial charge in [-0.1, -0.05) is 20.8 Å². The lowest BCUT2D eigenvalue weighted by molar-refractivity contribution is -0.0174. The van der Waals surface area contributed by atoms with Crippen LogP contribution in [0.25, 0.3) is 0 Å². The van der Waals surface area contributed by atoms with Crippen LogP contribution < -0.4 is 10.6 Å². The Labute approximate surface area is 165 Å². The van der Waals surface area contributed by atoms with Crippen LogP contribution in [-0.2, 0) is 9.47 Å². The Morgan fingerprint density at radius 2 is 1.96 bits per heavy atom. The lowest BCUT2D eigenvalue weighted by Gasteiger charge is -2.38. The predicted octanol–water partition coefficient (Wildman–Crippen LogP) is 1.94. The third-order valence-electron chi connectivity index (χ3n) is 4.48. The second-order valence-corrected chi connectivity index (χ2v) is 7.44. The maximum atomic E-state index is 5.58. The molecule has 1 aliphatic heterocycles. The van der Waals surface area contributed by atoms with E-state index in [1.165, 1.54) is 0 Å². The summed E-state index contributed by atoms with van der Waals surface area (Å²) in [5.41, 5.74) is 0.0944. The predicted molar refractivity (Wildman–Crippen MR) is 111 cm³/mol. The molecule has 0 bridgehead atoms. The van der Waals surface area contributed by atoms with E-state index in [9.17, 15) is 0 Å². The summed E-state index contributed by atoms with van der Waals surface area (Å²) in [5, 5.41) is 6.79. The molecule has 0 aromatic heterocycles. The average molecular weight is 456 g/mol. The number of halogens is 1. The summed E-state index contributed by atoms with van der Waals surface area (Å²) in [6.07, 6.45) is 0.137. The molecule has 6 nitrogen and oxygen atoms in total. The quantitative estimate of drug-likeness (QED) is 0.364. The molecule has 2 N–H and O–H groups in total. The smallest absolute Gasteiger partial charge is 0.191 e. The number of guanidine groups is 1. The van der Waals surface area contributed by atoms with Crippen molar-refractivity contribution in [3.8, 4) is 0 Å². The lowest BCUT2D eigenvalue weighted by Crippen LogP contribution is -2.53. The van der Waals surface area contributed by atoms with Crippen LogP contribution in [0, 0.1) is 5.41 Å². The topological polar surface area (TPSA) is 58.1 Å². The molecule has 0 aromatic rings. The Kier molecular flexibility index (Phi) is 11.4. The molecule has 3 unspecified atom stereocenters. The molecule has 0 amide bonds. The van der Waals surface area contributed by atoms with Gasteiger partial charge >= 0.3 is 0 Å². The highest BCUT2D eigenvalue weighted by molar-refractivity contribution is 14.0. The molecule has 144 valence electrons. The molecular formula is C17H37IN4O2. The van der Waals surface area contributed by atoms with Gasteiger partial charge in [-0.2, -0.15) is 0 Å². The maximum Gasteiger partial charge on any atom is 0.191 e. The Bertz CT molecular complexity index is 374. The zero-order chi connectivity index (χ0) is 17.5. The van der Waals surface area contributed by atoms with Crippen molar-refractivity contribution >= 4 is 29.9 Å². The molecule has 0 saturated carbocycles. The minimum Gasteiger partial charge on any atom is -0.379 e. The molecule has 1 aliphatic rings. The van der Waals surface area contributed by atoms with Crippen LogP contribution in [0.4, 0.5) is 0 Å². The van der Waals surface area contributed by atoms with Crippen molar-refractivity contribution in [2.75, 3.05) is 47.0 Å². The van der Waals surface area contributed by atoms with Crippen molar-refractivity contribution in [1.82, 2.24) is 15.5 Å². The maximum absolute atomic E-state index is 5.58. The molecular weight excluding hydrogens is 419 g/mol. The van der Waals surface area contributed by atoms with Gasteiger partial charge in [-0.15, -0.1) is 24.0 Å². The van der Waals surface area contributed by atoms with E-state index in [1.807, 2.05) is 0 Å². The molecule has 24 heavy (non-hydrogen) atoms. The van der Waals surface area contributed by atoms with E-state index in [1.54, 1.807) is 14.2 Å². The minimum absolute atomic E-state index is 0. The summed E-state index contributed by atoms with van der Waals surface area (Å²) in [5.74, 6) is 0.823. The Balaban J connectivity index is 0.00000529. The van der Waals surface area contributed by atoms with Gasteiger partial charge in [0, 0.05) is 45.9 Å². The van der Waals surface area contributed by atoms with Gasteiger partial charge in [-0.05, 0) is 19.3 Å². The lowest BCUT2D eigenvalue weighted by atomic mass is 9.89. The first kappa shape index (κ1) is 23.9. The van der Waals surface area contributed by atoms with E-state index in [0.29, 0.717) is 12.1 Å². The molecule has 1 saturated heterocycles. The number of aliphatic imine (C=N–C) groups is 1. The van der Waals surface area contributed by atoms with Gasteiger partial charge in [0.2, 0.25) is 0 Å². The van der Waals surface area contributed by atoms with Gasteiger partial charge in [0.25, 0.3) is 0 Å². The number of ether oxygens (including phenoxy) is 2. The van der Waals surface area contributed by atoms with E-state index in [4.69, 9.17) is 9.47 Å². The van der Waals surface area contributed by atoms with Crippen LogP contribution in [0.15, 0.2) is 4.99 Å². The number of hydrogen-bond acceptors (Lipinski definition) is 4. The van der Waals surface area contributed by atoms with E-state index < -0.39 is 0 Å². The van der Waals surface area contributed by atoms with Crippen molar-refractivity contribution in [2.45, 2.75) is 52.8 Å². The highest BCUT2D eigenvalue weighted by Gasteiger charge is 2.25. The molecule has 1 fully saturated rings. The summed E-state index contributed by atoms with van der Waals surface area (Å²) < 4.78 is 11.1. The number of methoxy groups -OCH3 is 1. The third-order valence-corrected chi connectivity index (χ3v) is 4.48. The van der Waals surface area contributed by atoms with Crippen LogP contribution in [0.3, 0.4) is 0 Å². The second kappa shape index (κ2) is 11.5. The normalized spacial score (nSPS) is 22.5. The number of hydrogen-bond donors (Lipinski definition) is 2. The molecule has 1 rings (SSSR count). The van der Waals surface area contributed by atoms with Crippen LogP contribution >= 0.6 is 24.0 Å². The van der Waals surface area contributed by atoms with E-state index in [0.717, 1.165) is 38.8 Å². The van der Waals surface area contributed by atoms with Crippen molar-refractivity contribution in [3.63, 3.8) is 0 Å². The summed E-state index contributed by atoms with van der Waals surface area (Å²) in [7, 11) is 3.56. The fraction of sp³-hybridized carbons (Fsp3) is 0.941. The second-order valence-electron chi connectivity index (χ2n) is 7.44. The Morgan fingerprint density at radius 1 is 1.33 bits per heavy atom. The van der Waals surface area contributed by atoms with Crippen molar-refractivity contribution < 1.29 is 9.47 Å². The first-order chi connectivity index (χ1) is 10.8. The Morgan fingerprint density at radius 3 is 2.46 bits per heavy atom. The monoisotopic (exact) mass is 456 g/mol. The molecule has 1 heterocycles. The van der Waals surface area contributed by atoms with Gasteiger partial charge in [-0.3, -0.25) is 9.89 Å². The standard InChI is InChI=1S/C17H36N4O2.HI/c1-13(21-8-9-23-12-14(21)2)10-19-16(18-6)20-11-15(22-7)17(3,4)5;/h13-15H,8-12H2,1-7H3,(H2,18,19,20);1H. The van der Waals surface area contributed by atoms with Crippen LogP contribution in [0.5, 0.6) is 0 Å². The van der Waals surface area contributed by atoms with Gasteiger partial charge in [0.05, 0.1) is 19.3 Å². The van der Waals surface area contributed by atoms with Gasteiger partial charge in [0.15, 0.2) is 5.96 Å². The SMILES string of the molecule is CN=C(NCC(C)N1CCOCC1C)NCC(OC)C(C)(C)C.I. The van der Waals surface area contributed by atoms with E-state index in [2.05, 4.69) is 55.1 Å². The molecule has 3 atom stereocenters. The summed E-state index contributed by atoms with van der Waals surface area (Å²) in [6.45, 7) is 15.2. The fourth-order valence-electron chi connectivity index (χ4n) is 2.91. The first-order valence-electron chi connectivity index (χ1n) is 8.60. The summed E-state index contributed by atoms with van der Waals surface area (Å²) >= 11 is 0. The van der Waals surface area contributed by atoms with Crippen LogP contribution in [0.1, 0.15) is 34.6 Å². The summed E-state index contributed by atoms with van der Waals surface area (Å²) in [6, 6.07) is 0.905. The molecule has 0 aliphatic carbocycles. The van der Waals surface area contributed by atoms with Crippen molar-refractivity contribution in [1.29, 1.82) is 0 Å². The fourth-order valence-corrected chi connectivity index (χ4v) is 2.91. The number of nitrogens with zero attached hydrogens (tertiary/aromatic N) is 2. The zero-order valence-corrected chi connectivity index (χ0v) is 18.7. The average Bonchev–Trinajstić information content (AvgIpc) is 2.49. The molecule has 7 heteroatoms. The molecule has 0 spiro atoms. The largest absolute Gasteiger partial charge is 0.379 e. The van der Waals surface area contributed by atoms with Crippen molar-refractivity contribution in [3.05, 3.63) is 0 Å². The van der Waals surface area contributed by atoms with E-state index >= 15 is 0 Å². The number of rotatable bonds is 6. The highest BCUT2D eigenvalue weighted by atomic mass is 127. The number of morpholine rings is 1. The van der Waals surface area contributed by atoms with Crippen LogP contribution in [-0.4, -0.2) is 76.1 Å². The van der Waals surface area contributed by atoms with Crippen molar-refractivity contribution in [2.24, 2.45) is 10.4 Å². The molecule has 0 aromatic carbocycles. The Hall–Kier alpha value is -0.120. The molecule has 0 radical (unpaired) electrons. The zero-order valence-electron chi connectivity index (χ0n) is 16.4. The van der Waals surface area contributed by atoms with Gasteiger partial charge in [-0.25, -0.2) is 0 Å². The minimum atomic E-state index is 0. The summed E-state index contributed by atoms with van der Waals surface area (Å²) in [4.78, 5) is 6.79. The van der Waals surface area contributed by atoms with Gasteiger partial charge in [0.1, 0.15) is 0 Å².